The largest absolute Gasteiger partial charge is 0.355 e. The highest BCUT2D eigenvalue weighted by atomic mass is 32.1. The molecule has 3 nitrogen and oxygen atoms in total. The van der Waals surface area contributed by atoms with Crippen LogP contribution in [-0.4, -0.2) is 9.38 Å². The van der Waals surface area contributed by atoms with Crippen LogP contribution >= 0.6 is 11.3 Å². The van der Waals surface area contributed by atoms with Crippen LogP contribution in [0.5, 0.6) is 0 Å². The van der Waals surface area contributed by atoms with E-state index < -0.39 is 0 Å². The second kappa shape index (κ2) is 5.92. The summed E-state index contributed by atoms with van der Waals surface area (Å²) in [6.07, 6.45) is 9.26. The van der Waals surface area contributed by atoms with Gasteiger partial charge in [-0.25, -0.2) is 4.98 Å². The number of benzene rings is 1. The average Bonchev–Trinajstić information content (AvgIpc) is 3.34. The zero-order chi connectivity index (χ0) is 16.7. The van der Waals surface area contributed by atoms with Crippen molar-refractivity contribution in [1.29, 1.82) is 0 Å². The smallest absolute Gasteiger partial charge is 0.194 e. The lowest BCUT2D eigenvalue weighted by Gasteiger charge is -2.38. The van der Waals surface area contributed by atoms with Gasteiger partial charge in [0.15, 0.2) is 4.96 Å². The molecule has 0 bridgehead atoms. The van der Waals surface area contributed by atoms with Gasteiger partial charge in [-0.2, -0.15) is 0 Å². The van der Waals surface area contributed by atoms with Gasteiger partial charge in [-0.15, -0.1) is 0 Å². The first-order valence-electron chi connectivity index (χ1n) is 9.08. The fourth-order valence-corrected chi connectivity index (χ4v) is 5.65. The van der Waals surface area contributed by atoms with Gasteiger partial charge in [0.25, 0.3) is 0 Å². The van der Waals surface area contributed by atoms with Crippen LogP contribution in [0.1, 0.15) is 55.7 Å². The molecule has 3 aromatic rings. The highest BCUT2D eigenvalue weighted by Crippen LogP contribution is 2.54. The Morgan fingerprint density at radius 3 is 2.62 bits per heavy atom. The maximum Gasteiger partial charge on any atom is 0.194 e. The molecule has 1 saturated carbocycles. The van der Waals surface area contributed by atoms with E-state index >= 15 is 0 Å². The van der Waals surface area contributed by atoms with Crippen molar-refractivity contribution in [2.45, 2.75) is 58.5 Å². The molecular weight excluding hydrogens is 314 g/mol. The number of aryl methyl sites for hydroxylation is 1. The first-order chi connectivity index (χ1) is 11.8. The maximum atomic E-state index is 4.51. The predicted molar refractivity (Wildman–Crippen MR) is 102 cm³/mol. The summed E-state index contributed by atoms with van der Waals surface area (Å²) in [7, 11) is 0. The molecule has 0 radical (unpaired) electrons. The SMILES string of the molecule is CC.Cc1ccccc1N1Cc2sc3nccn3c2C12CCCC2. The van der Waals surface area contributed by atoms with Gasteiger partial charge in [0.2, 0.25) is 0 Å². The predicted octanol–water partition coefficient (Wildman–Crippen LogP) is 5.52. The normalized spacial score (nSPS) is 18.0. The minimum absolute atomic E-state index is 0.181. The van der Waals surface area contributed by atoms with Crippen molar-refractivity contribution < 1.29 is 0 Å². The van der Waals surface area contributed by atoms with Crippen molar-refractivity contribution in [2.24, 2.45) is 0 Å². The lowest BCUT2D eigenvalue weighted by Crippen LogP contribution is -2.40. The molecule has 126 valence electrons. The molecular formula is C20H25N3S. The Labute approximate surface area is 148 Å². The summed E-state index contributed by atoms with van der Waals surface area (Å²) in [5, 5.41) is 0. The minimum atomic E-state index is 0.181. The third-order valence-corrected chi connectivity index (χ3v) is 6.48. The molecule has 1 aromatic carbocycles. The number of anilines is 1. The number of nitrogens with zero attached hydrogens (tertiary/aromatic N) is 3. The summed E-state index contributed by atoms with van der Waals surface area (Å²) in [5.74, 6) is 0. The van der Waals surface area contributed by atoms with Crippen molar-refractivity contribution in [3.8, 4) is 0 Å². The molecule has 0 atom stereocenters. The van der Waals surface area contributed by atoms with Crippen LogP contribution in [0.2, 0.25) is 0 Å². The van der Waals surface area contributed by atoms with Gasteiger partial charge in [0, 0.05) is 23.0 Å². The summed E-state index contributed by atoms with van der Waals surface area (Å²) in [4.78, 5) is 9.85. The number of fused-ring (bicyclic) bond motifs is 4. The highest BCUT2D eigenvalue weighted by Gasteiger charge is 2.50. The summed E-state index contributed by atoms with van der Waals surface area (Å²) >= 11 is 1.87. The number of thiazole rings is 1. The van der Waals surface area contributed by atoms with E-state index in [1.165, 1.54) is 47.5 Å². The van der Waals surface area contributed by atoms with Crippen LogP contribution < -0.4 is 4.90 Å². The quantitative estimate of drug-likeness (QED) is 0.582. The Hall–Kier alpha value is -1.81. The summed E-state index contributed by atoms with van der Waals surface area (Å²) in [6, 6.07) is 8.83. The Morgan fingerprint density at radius 1 is 1.12 bits per heavy atom. The van der Waals surface area contributed by atoms with Gasteiger partial charge in [-0.05, 0) is 31.4 Å². The van der Waals surface area contributed by atoms with Gasteiger partial charge in [0.1, 0.15) is 0 Å². The zero-order valence-electron chi connectivity index (χ0n) is 14.7. The first kappa shape index (κ1) is 15.7. The molecule has 5 rings (SSSR count). The van der Waals surface area contributed by atoms with Crippen LogP contribution in [0.3, 0.4) is 0 Å². The lowest BCUT2D eigenvalue weighted by atomic mass is 9.92. The van der Waals surface area contributed by atoms with E-state index in [4.69, 9.17) is 0 Å². The summed E-state index contributed by atoms with van der Waals surface area (Å²) < 4.78 is 2.35. The molecule has 0 unspecified atom stereocenters. The van der Waals surface area contributed by atoms with Crippen molar-refractivity contribution in [3.63, 3.8) is 0 Å². The second-order valence-electron chi connectivity index (χ2n) is 6.56. The van der Waals surface area contributed by atoms with E-state index in [1.54, 1.807) is 0 Å². The van der Waals surface area contributed by atoms with Gasteiger partial charge in [0.05, 0.1) is 17.8 Å². The number of aromatic nitrogens is 2. The van der Waals surface area contributed by atoms with Gasteiger partial charge in [-0.1, -0.05) is 56.2 Å². The van der Waals surface area contributed by atoms with Crippen LogP contribution in [0, 0.1) is 6.92 Å². The maximum absolute atomic E-state index is 4.51. The fourth-order valence-electron chi connectivity index (χ4n) is 4.49. The van der Waals surface area contributed by atoms with Gasteiger partial charge < -0.3 is 4.90 Å². The van der Waals surface area contributed by atoms with E-state index in [-0.39, 0.29) is 5.54 Å². The Morgan fingerprint density at radius 2 is 1.88 bits per heavy atom. The van der Waals surface area contributed by atoms with Crippen molar-refractivity contribution in [2.75, 3.05) is 4.90 Å². The molecule has 0 amide bonds. The van der Waals surface area contributed by atoms with Crippen molar-refractivity contribution in [3.05, 3.63) is 52.8 Å². The zero-order valence-corrected chi connectivity index (χ0v) is 15.6. The molecule has 3 heterocycles. The molecule has 0 saturated heterocycles. The summed E-state index contributed by atoms with van der Waals surface area (Å²) in [6.45, 7) is 7.27. The molecule has 4 heteroatoms. The first-order valence-corrected chi connectivity index (χ1v) is 9.90. The van der Waals surface area contributed by atoms with Crippen LogP contribution in [0.25, 0.3) is 4.96 Å². The summed E-state index contributed by atoms with van der Waals surface area (Å²) in [5.41, 5.74) is 4.48. The molecule has 1 fully saturated rings. The van der Waals surface area contributed by atoms with Crippen molar-refractivity contribution in [1.82, 2.24) is 9.38 Å². The van der Waals surface area contributed by atoms with Gasteiger partial charge in [-0.3, -0.25) is 4.40 Å². The molecule has 0 N–H and O–H groups in total. The fraction of sp³-hybridized carbons (Fsp3) is 0.450. The highest BCUT2D eigenvalue weighted by molar-refractivity contribution is 7.17. The number of hydrogen-bond donors (Lipinski definition) is 0. The Bertz CT molecular complexity index is 855. The van der Waals surface area contributed by atoms with E-state index in [2.05, 4.69) is 51.7 Å². The van der Waals surface area contributed by atoms with E-state index in [0.717, 1.165) is 11.5 Å². The number of hydrogen-bond acceptors (Lipinski definition) is 3. The minimum Gasteiger partial charge on any atom is -0.355 e. The van der Waals surface area contributed by atoms with E-state index in [0.29, 0.717) is 0 Å². The monoisotopic (exact) mass is 339 g/mol. The van der Waals surface area contributed by atoms with Crippen molar-refractivity contribution >= 4 is 22.0 Å². The topological polar surface area (TPSA) is 20.5 Å². The number of para-hydroxylation sites is 1. The molecule has 2 aromatic heterocycles. The number of rotatable bonds is 1. The molecule has 1 spiro atoms. The van der Waals surface area contributed by atoms with Crippen LogP contribution in [-0.2, 0) is 12.1 Å². The van der Waals surface area contributed by atoms with Gasteiger partial charge >= 0.3 is 0 Å². The third-order valence-electron chi connectivity index (χ3n) is 5.42. The molecule has 2 aliphatic rings. The Balaban J connectivity index is 0.000000704. The standard InChI is InChI=1S/C18H19N3S.C2H6/c1-13-6-2-3-7-14(13)21-12-15-16(18(21)8-4-5-9-18)20-11-10-19-17(20)22-15;1-2/h2-3,6-7,10-11H,4-5,8-9,12H2,1H3;1-2H3. The van der Waals surface area contributed by atoms with Crippen LogP contribution in [0.4, 0.5) is 5.69 Å². The lowest BCUT2D eigenvalue weighted by molar-refractivity contribution is 0.424. The molecule has 1 aliphatic heterocycles. The third kappa shape index (κ3) is 2.05. The second-order valence-corrected chi connectivity index (χ2v) is 7.63. The molecule has 24 heavy (non-hydrogen) atoms. The molecule has 1 aliphatic carbocycles. The van der Waals surface area contributed by atoms with E-state index in [1.807, 2.05) is 31.4 Å². The van der Waals surface area contributed by atoms with Crippen LogP contribution in [0.15, 0.2) is 36.7 Å². The Kier molecular flexibility index (Phi) is 3.87. The van der Waals surface area contributed by atoms with E-state index in [9.17, 15) is 0 Å². The number of imidazole rings is 1. The average molecular weight is 340 g/mol.